The number of carbonyl (C=O) groups is 3. The molecule has 7 atom stereocenters. The highest BCUT2D eigenvalue weighted by molar-refractivity contribution is 6.05. The van der Waals surface area contributed by atoms with E-state index in [1.54, 1.807) is 42.2 Å². The Labute approximate surface area is 228 Å². The van der Waals surface area contributed by atoms with Crippen LogP contribution in [0.1, 0.15) is 43.0 Å². The Balaban J connectivity index is 1.72. The van der Waals surface area contributed by atoms with E-state index in [1.807, 2.05) is 45.0 Å². The Bertz CT molecular complexity index is 1330. The molecule has 2 aromatic rings. The van der Waals surface area contributed by atoms with Gasteiger partial charge < -0.3 is 24.7 Å². The smallest absolute Gasteiger partial charge is 0.310 e. The first-order valence-electron chi connectivity index (χ1n) is 13.4. The zero-order valence-electron chi connectivity index (χ0n) is 22.8. The molecule has 0 radical (unpaired) electrons. The molecule has 39 heavy (non-hydrogen) atoms. The molecule has 8 nitrogen and oxygen atoms in total. The summed E-state index contributed by atoms with van der Waals surface area (Å²) in [6.07, 6.45) is 1.99. The van der Waals surface area contributed by atoms with Crippen LogP contribution in [0.4, 0.5) is 5.69 Å². The average molecular weight is 533 g/mol. The minimum atomic E-state index is -1.34. The molecule has 5 rings (SSSR count). The number of carbonyl (C=O) groups excluding carboxylic acids is 2. The Kier molecular flexibility index (Phi) is 6.67. The third-order valence-electron chi connectivity index (χ3n) is 9.18. The topological polar surface area (TPSA) is 107 Å². The van der Waals surface area contributed by atoms with E-state index in [9.17, 15) is 24.6 Å². The highest BCUT2D eigenvalue weighted by Gasteiger charge is 2.80. The molecule has 3 heterocycles. The number of carboxylic acid groups (broad SMARTS) is 1. The minimum Gasteiger partial charge on any atom is -0.481 e. The van der Waals surface area contributed by atoms with Gasteiger partial charge in [0, 0.05) is 12.2 Å². The number of amides is 2. The predicted molar refractivity (Wildman–Crippen MR) is 146 cm³/mol. The van der Waals surface area contributed by atoms with Crippen molar-refractivity contribution >= 4 is 23.5 Å². The lowest BCUT2D eigenvalue weighted by molar-refractivity contribution is -0.157. The first kappa shape index (κ1) is 27.1. The van der Waals surface area contributed by atoms with Crippen LogP contribution < -0.4 is 4.90 Å². The second-order valence-corrected chi connectivity index (χ2v) is 11.4. The lowest BCUT2D eigenvalue weighted by Gasteiger charge is -2.40. The molecular weight excluding hydrogens is 496 g/mol. The number of aliphatic hydroxyl groups excluding tert-OH is 1. The van der Waals surface area contributed by atoms with Gasteiger partial charge in [0.2, 0.25) is 5.91 Å². The van der Waals surface area contributed by atoms with Crippen molar-refractivity contribution in [3.8, 4) is 0 Å². The standard InChI is InChI=1S/C31H36N2O6/c1-6-14-32(22-15-18(2)12-13-19(22)3)28(36)26-31-16-20(4)30(5,39-31)25(29(37)38)24(31)27(35)33(26)23(17-34)21-10-8-7-9-11-21/h6-13,15,20,23-26,34H,1,14,16-17H2,2-5H3,(H,37,38)/t20?,23-,24+,25+,26?,30-,31?/m1/s1. The molecule has 0 saturated carbocycles. The Morgan fingerprint density at radius 3 is 2.54 bits per heavy atom. The summed E-state index contributed by atoms with van der Waals surface area (Å²) in [6, 6.07) is 12.9. The van der Waals surface area contributed by atoms with Crippen molar-refractivity contribution in [3.63, 3.8) is 0 Å². The van der Waals surface area contributed by atoms with Gasteiger partial charge in [-0.3, -0.25) is 14.4 Å². The van der Waals surface area contributed by atoms with Gasteiger partial charge in [-0.05, 0) is 55.9 Å². The highest BCUT2D eigenvalue weighted by atomic mass is 16.5. The Morgan fingerprint density at radius 2 is 1.92 bits per heavy atom. The number of rotatable bonds is 8. The van der Waals surface area contributed by atoms with E-state index in [4.69, 9.17) is 4.74 Å². The highest BCUT2D eigenvalue weighted by Crippen LogP contribution is 2.66. The maximum atomic E-state index is 14.8. The van der Waals surface area contributed by atoms with Gasteiger partial charge >= 0.3 is 5.97 Å². The van der Waals surface area contributed by atoms with Gasteiger partial charge in [-0.25, -0.2) is 0 Å². The number of carboxylic acids is 1. The molecule has 206 valence electrons. The quantitative estimate of drug-likeness (QED) is 0.503. The molecule has 3 aliphatic rings. The summed E-state index contributed by atoms with van der Waals surface area (Å²) >= 11 is 0. The fourth-order valence-electron chi connectivity index (χ4n) is 7.29. The van der Waals surface area contributed by atoms with Crippen molar-refractivity contribution < 1.29 is 29.3 Å². The number of aliphatic carboxylic acids is 1. The van der Waals surface area contributed by atoms with Crippen LogP contribution >= 0.6 is 0 Å². The molecule has 3 saturated heterocycles. The number of hydrogen-bond acceptors (Lipinski definition) is 5. The van der Waals surface area contributed by atoms with Gasteiger partial charge in [0.25, 0.3) is 5.91 Å². The number of nitrogens with zero attached hydrogens (tertiary/aromatic N) is 2. The monoisotopic (exact) mass is 532 g/mol. The van der Waals surface area contributed by atoms with Crippen molar-refractivity contribution in [2.45, 2.75) is 57.4 Å². The van der Waals surface area contributed by atoms with Crippen LogP contribution in [-0.2, 0) is 19.1 Å². The molecule has 0 aliphatic carbocycles. The minimum absolute atomic E-state index is 0.187. The van der Waals surface area contributed by atoms with Crippen LogP contribution in [0, 0.1) is 31.6 Å². The summed E-state index contributed by atoms with van der Waals surface area (Å²) in [6.45, 7) is 11.1. The third kappa shape index (κ3) is 3.84. The fraction of sp³-hybridized carbons (Fsp3) is 0.452. The molecule has 2 bridgehead atoms. The van der Waals surface area contributed by atoms with Crippen molar-refractivity contribution in [2.75, 3.05) is 18.1 Å². The molecule has 0 aromatic heterocycles. The average Bonchev–Trinajstić information content (AvgIpc) is 3.42. The maximum absolute atomic E-state index is 14.8. The molecule has 2 N–H and O–H groups in total. The number of likely N-dealkylation sites (tertiary alicyclic amines) is 1. The number of aryl methyl sites for hydroxylation is 2. The summed E-state index contributed by atoms with van der Waals surface area (Å²) in [5, 5.41) is 20.9. The van der Waals surface area contributed by atoms with Crippen molar-refractivity contribution in [1.29, 1.82) is 0 Å². The van der Waals surface area contributed by atoms with E-state index < -0.39 is 53.6 Å². The third-order valence-corrected chi connectivity index (χ3v) is 9.18. The number of aliphatic hydroxyl groups is 1. The summed E-state index contributed by atoms with van der Waals surface area (Å²) in [7, 11) is 0. The zero-order valence-corrected chi connectivity index (χ0v) is 22.8. The molecule has 3 unspecified atom stereocenters. The first-order chi connectivity index (χ1) is 18.5. The molecule has 1 spiro atoms. The molecule has 2 aromatic carbocycles. The molecule has 3 fully saturated rings. The van der Waals surface area contributed by atoms with Crippen LogP contribution in [-0.4, -0.2) is 63.3 Å². The van der Waals surface area contributed by atoms with Crippen molar-refractivity contribution in [3.05, 3.63) is 77.9 Å². The summed E-state index contributed by atoms with van der Waals surface area (Å²) in [5.41, 5.74) is 0.753. The lowest BCUT2D eigenvalue weighted by atomic mass is 9.62. The normalized spacial score (nSPS) is 31.7. The van der Waals surface area contributed by atoms with E-state index in [2.05, 4.69) is 6.58 Å². The zero-order chi connectivity index (χ0) is 28.3. The number of benzene rings is 2. The van der Waals surface area contributed by atoms with Crippen LogP contribution in [0.2, 0.25) is 0 Å². The molecular formula is C31H36N2O6. The summed E-state index contributed by atoms with van der Waals surface area (Å²) in [4.78, 5) is 44.8. The van der Waals surface area contributed by atoms with Gasteiger partial charge in [-0.2, -0.15) is 0 Å². The van der Waals surface area contributed by atoms with Gasteiger partial charge in [-0.1, -0.05) is 55.5 Å². The van der Waals surface area contributed by atoms with Crippen molar-refractivity contribution in [1.82, 2.24) is 4.90 Å². The SMILES string of the molecule is C=CCN(C(=O)C1N([C@H](CO)c2ccccc2)C(=O)[C@@H]2[C@@H](C(=O)O)[C@]3(C)OC12CC3C)c1cc(C)ccc1C. The van der Waals surface area contributed by atoms with Gasteiger partial charge in [-0.15, -0.1) is 6.58 Å². The Morgan fingerprint density at radius 1 is 1.23 bits per heavy atom. The van der Waals surface area contributed by atoms with E-state index in [0.717, 1.165) is 11.1 Å². The van der Waals surface area contributed by atoms with Crippen LogP contribution in [0.25, 0.3) is 0 Å². The predicted octanol–water partition coefficient (Wildman–Crippen LogP) is 3.65. The number of fused-ring (bicyclic) bond motifs is 1. The van der Waals surface area contributed by atoms with Crippen LogP contribution in [0.5, 0.6) is 0 Å². The lowest BCUT2D eigenvalue weighted by Crippen LogP contribution is -2.57. The molecule has 2 amide bonds. The van der Waals surface area contributed by atoms with E-state index in [0.29, 0.717) is 17.7 Å². The second kappa shape index (κ2) is 9.61. The van der Waals surface area contributed by atoms with E-state index in [-0.39, 0.29) is 18.4 Å². The summed E-state index contributed by atoms with van der Waals surface area (Å²) < 4.78 is 6.64. The second-order valence-electron chi connectivity index (χ2n) is 11.4. The molecule has 3 aliphatic heterocycles. The number of ether oxygens (including phenoxy) is 1. The van der Waals surface area contributed by atoms with Crippen molar-refractivity contribution in [2.24, 2.45) is 17.8 Å². The maximum Gasteiger partial charge on any atom is 0.310 e. The fourth-order valence-corrected chi connectivity index (χ4v) is 7.29. The van der Waals surface area contributed by atoms with Gasteiger partial charge in [0.05, 0.1) is 24.2 Å². The van der Waals surface area contributed by atoms with E-state index >= 15 is 0 Å². The van der Waals surface area contributed by atoms with Gasteiger partial charge in [0.15, 0.2) is 0 Å². The largest absolute Gasteiger partial charge is 0.481 e. The van der Waals surface area contributed by atoms with Crippen LogP contribution in [0.3, 0.4) is 0 Å². The van der Waals surface area contributed by atoms with Crippen LogP contribution in [0.15, 0.2) is 61.2 Å². The van der Waals surface area contributed by atoms with Gasteiger partial charge in [0.1, 0.15) is 17.6 Å². The van der Waals surface area contributed by atoms with E-state index in [1.165, 1.54) is 4.90 Å². The molecule has 8 heteroatoms. The number of anilines is 1. The Hall–Kier alpha value is -3.49. The summed E-state index contributed by atoms with van der Waals surface area (Å²) in [5.74, 6) is -4.33. The first-order valence-corrected chi connectivity index (χ1v) is 13.4. The number of hydrogen-bond donors (Lipinski definition) is 2.